The maximum atomic E-state index is 13.0. The molecule has 0 heterocycles. The van der Waals surface area contributed by atoms with Crippen molar-refractivity contribution in [3.63, 3.8) is 0 Å². The fourth-order valence-corrected chi connectivity index (χ4v) is 3.22. The Morgan fingerprint density at radius 1 is 0.788 bits per heavy atom. The first-order valence-electron chi connectivity index (χ1n) is 10.9. The molecule has 4 N–H and O–H groups in total. The van der Waals surface area contributed by atoms with Crippen LogP contribution in [-0.4, -0.2) is 46.9 Å². The summed E-state index contributed by atoms with van der Waals surface area (Å²) in [7, 11) is 0. The van der Waals surface area contributed by atoms with Crippen LogP contribution >= 0.6 is 0 Å². The number of carboxylic acids is 1. The minimum Gasteiger partial charge on any atom is -0.481 e. The third-order valence-corrected chi connectivity index (χ3v) is 5.22. The van der Waals surface area contributed by atoms with Crippen LogP contribution < -0.4 is 16.0 Å². The van der Waals surface area contributed by atoms with E-state index < -0.39 is 41.8 Å². The summed E-state index contributed by atoms with van der Waals surface area (Å²) in [4.78, 5) is 49.4. The molecule has 2 rings (SSSR count). The van der Waals surface area contributed by atoms with Gasteiger partial charge in [0.25, 0.3) is 5.91 Å². The molecule has 0 aliphatic carbocycles. The Labute approximate surface area is 193 Å². The van der Waals surface area contributed by atoms with Crippen molar-refractivity contribution < 1.29 is 24.3 Å². The van der Waals surface area contributed by atoms with Gasteiger partial charge < -0.3 is 21.1 Å². The van der Waals surface area contributed by atoms with Crippen LogP contribution in [0.5, 0.6) is 0 Å². The van der Waals surface area contributed by atoms with Gasteiger partial charge in [0.15, 0.2) is 0 Å². The van der Waals surface area contributed by atoms with Gasteiger partial charge in [-0.2, -0.15) is 0 Å². The van der Waals surface area contributed by atoms with Gasteiger partial charge in [-0.15, -0.1) is 0 Å². The highest BCUT2D eigenvalue weighted by atomic mass is 16.4. The maximum Gasteiger partial charge on any atom is 0.305 e. The van der Waals surface area contributed by atoms with E-state index in [2.05, 4.69) is 16.0 Å². The SMILES string of the molecule is CC(NC(=O)C(Cc1ccccc1)NC(=O)c1ccccc1)C(=O)NC(CC(=O)O)C(C)C. The fourth-order valence-electron chi connectivity index (χ4n) is 3.22. The van der Waals surface area contributed by atoms with Crippen molar-refractivity contribution in [3.05, 3.63) is 71.8 Å². The van der Waals surface area contributed by atoms with Crippen molar-refractivity contribution in [3.8, 4) is 0 Å². The summed E-state index contributed by atoms with van der Waals surface area (Å²) in [6.07, 6.45) is 0.0288. The number of benzene rings is 2. The summed E-state index contributed by atoms with van der Waals surface area (Å²) >= 11 is 0. The highest BCUT2D eigenvalue weighted by Gasteiger charge is 2.27. The van der Waals surface area contributed by atoms with Crippen LogP contribution in [0, 0.1) is 5.92 Å². The van der Waals surface area contributed by atoms with E-state index in [0.717, 1.165) is 5.56 Å². The summed E-state index contributed by atoms with van der Waals surface area (Å²) in [5.74, 6) is -2.51. The molecule has 0 saturated carbocycles. The van der Waals surface area contributed by atoms with Gasteiger partial charge in [0, 0.05) is 18.0 Å². The monoisotopic (exact) mass is 453 g/mol. The predicted molar refractivity (Wildman–Crippen MR) is 124 cm³/mol. The summed E-state index contributed by atoms with van der Waals surface area (Å²) < 4.78 is 0. The van der Waals surface area contributed by atoms with Crippen LogP contribution in [0.3, 0.4) is 0 Å². The molecule has 0 spiro atoms. The third kappa shape index (κ3) is 8.40. The molecule has 8 nitrogen and oxygen atoms in total. The molecule has 3 atom stereocenters. The first-order chi connectivity index (χ1) is 15.7. The van der Waals surface area contributed by atoms with Crippen molar-refractivity contribution >= 4 is 23.7 Å². The molecule has 0 bridgehead atoms. The molecule has 0 saturated heterocycles. The molecular formula is C25H31N3O5. The van der Waals surface area contributed by atoms with Crippen LogP contribution in [-0.2, 0) is 20.8 Å². The Morgan fingerprint density at radius 3 is 1.91 bits per heavy atom. The molecule has 0 radical (unpaired) electrons. The molecule has 0 aromatic heterocycles. The molecule has 0 aliphatic heterocycles. The number of amides is 3. The highest BCUT2D eigenvalue weighted by Crippen LogP contribution is 2.08. The van der Waals surface area contributed by atoms with Crippen molar-refractivity contribution in [2.24, 2.45) is 5.92 Å². The van der Waals surface area contributed by atoms with E-state index in [1.807, 2.05) is 44.2 Å². The van der Waals surface area contributed by atoms with Gasteiger partial charge in [-0.25, -0.2) is 0 Å². The molecule has 3 amide bonds. The molecule has 176 valence electrons. The lowest BCUT2D eigenvalue weighted by molar-refractivity contribution is -0.138. The number of carbonyl (C=O) groups is 4. The average molecular weight is 454 g/mol. The average Bonchev–Trinajstić information content (AvgIpc) is 2.78. The van der Waals surface area contributed by atoms with Gasteiger partial charge in [0.05, 0.1) is 6.42 Å². The van der Waals surface area contributed by atoms with Gasteiger partial charge in [0.1, 0.15) is 12.1 Å². The van der Waals surface area contributed by atoms with E-state index in [1.165, 1.54) is 6.92 Å². The van der Waals surface area contributed by atoms with Crippen LogP contribution in [0.25, 0.3) is 0 Å². The quantitative estimate of drug-likeness (QED) is 0.415. The van der Waals surface area contributed by atoms with Crippen molar-refractivity contribution in [2.45, 2.75) is 51.7 Å². The lowest BCUT2D eigenvalue weighted by Gasteiger charge is -2.25. The number of hydrogen-bond donors (Lipinski definition) is 4. The van der Waals surface area contributed by atoms with Crippen molar-refractivity contribution in [1.29, 1.82) is 0 Å². The van der Waals surface area contributed by atoms with E-state index in [-0.39, 0.29) is 18.8 Å². The number of nitrogens with one attached hydrogen (secondary N) is 3. The van der Waals surface area contributed by atoms with E-state index >= 15 is 0 Å². The molecule has 8 heteroatoms. The first-order valence-corrected chi connectivity index (χ1v) is 10.9. The van der Waals surface area contributed by atoms with Crippen LogP contribution in [0.1, 0.15) is 43.1 Å². The van der Waals surface area contributed by atoms with Gasteiger partial charge in [-0.05, 0) is 30.5 Å². The normalized spacial score (nSPS) is 13.5. The smallest absolute Gasteiger partial charge is 0.305 e. The predicted octanol–water partition coefficient (Wildman–Crippen LogP) is 2.15. The van der Waals surface area contributed by atoms with E-state index in [1.54, 1.807) is 30.3 Å². The number of rotatable bonds is 11. The van der Waals surface area contributed by atoms with Gasteiger partial charge in [-0.3, -0.25) is 19.2 Å². The van der Waals surface area contributed by atoms with Crippen molar-refractivity contribution in [1.82, 2.24) is 16.0 Å². The molecular weight excluding hydrogens is 422 g/mol. The van der Waals surface area contributed by atoms with Crippen LogP contribution in [0.2, 0.25) is 0 Å². The Morgan fingerprint density at radius 2 is 1.36 bits per heavy atom. The second-order valence-electron chi connectivity index (χ2n) is 8.27. The second-order valence-corrected chi connectivity index (χ2v) is 8.27. The third-order valence-electron chi connectivity index (χ3n) is 5.22. The summed E-state index contributed by atoms with van der Waals surface area (Å²) in [5, 5.41) is 17.1. The lowest BCUT2D eigenvalue weighted by atomic mass is 10.0. The molecule has 0 fully saturated rings. The topological polar surface area (TPSA) is 125 Å². The Hall–Kier alpha value is -3.68. The minimum absolute atomic E-state index is 0.0936. The van der Waals surface area contributed by atoms with E-state index in [9.17, 15) is 19.2 Å². The second kappa shape index (κ2) is 12.4. The van der Waals surface area contributed by atoms with Crippen molar-refractivity contribution in [2.75, 3.05) is 0 Å². The molecule has 0 aliphatic rings. The zero-order chi connectivity index (χ0) is 24.4. The first kappa shape index (κ1) is 25.6. The maximum absolute atomic E-state index is 13.0. The molecule has 3 unspecified atom stereocenters. The zero-order valence-electron chi connectivity index (χ0n) is 19.1. The summed E-state index contributed by atoms with van der Waals surface area (Å²) in [6, 6.07) is 15.4. The highest BCUT2D eigenvalue weighted by molar-refractivity contribution is 5.98. The largest absolute Gasteiger partial charge is 0.481 e. The number of carbonyl (C=O) groups excluding carboxylic acids is 3. The summed E-state index contributed by atoms with van der Waals surface area (Å²) in [6.45, 7) is 5.14. The molecule has 2 aromatic rings. The van der Waals surface area contributed by atoms with Gasteiger partial charge in [-0.1, -0.05) is 62.4 Å². The van der Waals surface area contributed by atoms with E-state index in [4.69, 9.17) is 5.11 Å². The Bertz CT molecular complexity index is 947. The fraction of sp³-hybridized carbons (Fsp3) is 0.360. The zero-order valence-corrected chi connectivity index (χ0v) is 19.1. The standard InChI is InChI=1S/C25H31N3O5/c1-16(2)20(15-22(29)30)27-23(31)17(3)26-25(33)21(14-18-10-6-4-7-11-18)28-24(32)19-12-8-5-9-13-19/h4-13,16-17,20-21H,14-15H2,1-3H3,(H,26,33)(H,27,31)(H,28,32)(H,29,30). The number of aliphatic carboxylic acids is 1. The number of hydrogen-bond acceptors (Lipinski definition) is 4. The Kier molecular flexibility index (Phi) is 9.60. The Balaban J connectivity index is 2.10. The van der Waals surface area contributed by atoms with Gasteiger partial charge >= 0.3 is 5.97 Å². The van der Waals surface area contributed by atoms with Crippen LogP contribution in [0.4, 0.5) is 0 Å². The molecule has 2 aromatic carbocycles. The summed E-state index contributed by atoms with van der Waals surface area (Å²) in [5.41, 5.74) is 1.27. The molecule has 33 heavy (non-hydrogen) atoms. The number of carboxylic acid groups (broad SMARTS) is 1. The lowest BCUT2D eigenvalue weighted by Crippen LogP contribution is -2.55. The van der Waals surface area contributed by atoms with Gasteiger partial charge in [0.2, 0.25) is 11.8 Å². The minimum atomic E-state index is -1.02. The van der Waals surface area contributed by atoms with E-state index in [0.29, 0.717) is 5.56 Å². The van der Waals surface area contributed by atoms with Crippen LogP contribution in [0.15, 0.2) is 60.7 Å².